The molecular formula is C23H31N2O6P. The van der Waals surface area contributed by atoms with Crippen LogP contribution in [0.15, 0.2) is 60.7 Å². The van der Waals surface area contributed by atoms with E-state index in [0.717, 1.165) is 11.1 Å². The van der Waals surface area contributed by atoms with Gasteiger partial charge in [0.05, 0.1) is 12.1 Å². The quantitative estimate of drug-likeness (QED) is 0.222. The molecule has 4 N–H and O–H groups in total. The van der Waals surface area contributed by atoms with Crippen molar-refractivity contribution < 1.29 is 28.5 Å². The minimum Gasteiger partial charge on any atom is -0.461 e. The molecule has 174 valence electrons. The van der Waals surface area contributed by atoms with Crippen LogP contribution < -0.4 is 10.8 Å². The van der Waals surface area contributed by atoms with Gasteiger partial charge in [0.2, 0.25) is 0 Å². The van der Waals surface area contributed by atoms with Gasteiger partial charge in [-0.2, -0.15) is 0 Å². The van der Waals surface area contributed by atoms with E-state index in [-0.39, 0.29) is 38.8 Å². The smallest absolute Gasteiger partial charge is 0.309 e. The molecule has 2 unspecified atom stereocenters. The monoisotopic (exact) mass is 462 g/mol. The first-order chi connectivity index (χ1) is 15.4. The molecule has 0 saturated heterocycles. The van der Waals surface area contributed by atoms with Gasteiger partial charge in [0, 0.05) is 13.0 Å². The first-order valence-electron chi connectivity index (χ1n) is 10.6. The fourth-order valence-corrected chi connectivity index (χ4v) is 4.52. The second-order valence-corrected chi connectivity index (χ2v) is 9.49. The second-order valence-electron chi connectivity index (χ2n) is 7.41. The van der Waals surface area contributed by atoms with E-state index < -0.39 is 25.4 Å². The Balaban J connectivity index is 1.93. The average Bonchev–Trinajstić information content (AvgIpc) is 2.80. The molecular weight excluding hydrogens is 431 g/mol. The molecule has 0 saturated carbocycles. The maximum absolute atomic E-state index is 12.7. The maximum Gasteiger partial charge on any atom is 0.309 e. The van der Waals surface area contributed by atoms with Gasteiger partial charge in [-0.25, -0.2) is 5.09 Å². The highest BCUT2D eigenvalue weighted by Crippen LogP contribution is 2.39. The molecule has 2 rings (SSSR count). The molecule has 0 aliphatic rings. The number of hydrogen-bond acceptors (Lipinski definition) is 6. The highest BCUT2D eigenvalue weighted by atomic mass is 31.2. The van der Waals surface area contributed by atoms with Crippen molar-refractivity contribution in [3.63, 3.8) is 0 Å². The molecule has 0 aromatic heterocycles. The average molecular weight is 462 g/mol. The summed E-state index contributed by atoms with van der Waals surface area (Å²) >= 11 is 0. The number of rotatable bonds is 14. The van der Waals surface area contributed by atoms with Crippen LogP contribution >= 0.6 is 7.52 Å². The lowest BCUT2D eigenvalue weighted by atomic mass is 10.1. The van der Waals surface area contributed by atoms with E-state index >= 15 is 0 Å². The van der Waals surface area contributed by atoms with E-state index in [1.54, 1.807) is 0 Å². The van der Waals surface area contributed by atoms with Crippen molar-refractivity contribution in [2.24, 2.45) is 11.7 Å². The van der Waals surface area contributed by atoms with Crippen molar-refractivity contribution in [3.8, 4) is 0 Å². The van der Waals surface area contributed by atoms with Gasteiger partial charge in [0.15, 0.2) is 0 Å². The Kier molecular flexibility index (Phi) is 11.1. The van der Waals surface area contributed by atoms with Crippen molar-refractivity contribution in [3.05, 3.63) is 71.8 Å². The van der Waals surface area contributed by atoms with E-state index in [1.165, 1.54) is 0 Å². The minimum atomic E-state index is -3.81. The molecule has 0 aliphatic heterocycles. The summed E-state index contributed by atoms with van der Waals surface area (Å²) in [6.07, 6.45) is 0.168. The molecule has 0 fully saturated rings. The topological polar surface area (TPSA) is 128 Å². The lowest BCUT2D eigenvalue weighted by molar-refractivity contribution is -0.150. The van der Waals surface area contributed by atoms with Crippen molar-refractivity contribution >= 4 is 19.5 Å². The predicted octanol–water partition coefficient (Wildman–Crippen LogP) is 2.99. The number of nitrogens with one attached hydrogen (secondary N) is 1. The van der Waals surface area contributed by atoms with Crippen molar-refractivity contribution in [2.45, 2.75) is 32.5 Å². The third kappa shape index (κ3) is 10.2. The normalized spacial score (nSPS) is 13.7. The van der Waals surface area contributed by atoms with Crippen LogP contribution in [-0.2, 0) is 36.8 Å². The number of nitrogens with two attached hydrogens (primary N) is 1. The number of ether oxygens (including phenoxy) is 2. The van der Waals surface area contributed by atoms with Crippen LogP contribution in [0.2, 0.25) is 0 Å². The SMILES string of the molecule is NCCCNP(=O)(O)CC(CCC(=O)OCc1ccccc1)C(=O)OCc1ccccc1. The number of benzene rings is 2. The van der Waals surface area contributed by atoms with Crippen LogP contribution in [0.25, 0.3) is 0 Å². The molecule has 2 atom stereocenters. The molecule has 0 heterocycles. The van der Waals surface area contributed by atoms with E-state index in [9.17, 15) is 19.0 Å². The van der Waals surface area contributed by atoms with Crippen LogP contribution in [0.1, 0.15) is 30.4 Å². The molecule has 0 bridgehead atoms. The zero-order valence-electron chi connectivity index (χ0n) is 18.0. The molecule has 0 amide bonds. The van der Waals surface area contributed by atoms with Gasteiger partial charge in [0.25, 0.3) is 7.52 Å². The zero-order valence-corrected chi connectivity index (χ0v) is 18.9. The molecule has 9 heteroatoms. The maximum atomic E-state index is 12.7. The van der Waals surface area contributed by atoms with Gasteiger partial charge < -0.3 is 20.1 Å². The number of carbonyl (C=O) groups is 2. The largest absolute Gasteiger partial charge is 0.461 e. The van der Waals surface area contributed by atoms with Crippen molar-refractivity contribution in [1.29, 1.82) is 0 Å². The van der Waals surface area contributed by atoms with Crippen LogP contribution in [0.4, 0.5) is 0 Å². The molecule has 2 aromatic rings. The Labute approximate surface area is 188 Å². The summed E-state index contributed by atoms with van der Waals surface area (Å²) < 4.78 is 23.1. The molecule has 2 aromatic carbocycles. The lowest BCUT2D eigenvalue weighted by Crippen LogP contribution is -2.26. The van der Waals surface area contributed by atoms with Gasteiger partial charge in [0.1, 0.15) is 13.2 Å². The van der Waals surface area contributed by atoms with Gasteiger partial charge in [-0.15, -0.1) is 0 Å². The summed E-state index contributed by atoms with van der Waals surface area (Å²) in [5.74, 6) is -2.04. The lowest BCUT2D eigenvalue weighted by Gasteiger charge is -2.20. The summed E-state index contributed by atoms with van der Waals surface area (Å²) in [6, 6.07) is 18.4. The highest BCUT2D eigenvalue weighted by molar-refractivity contribution is 7.55. The summed E-state index contributed by atoms with van der Waals surface area (Å²) in [7, 11) is -3.81. The molecule has 0 aliphatic carbocycles. The van der Waals surface area contributed by atoms with Gasteiger partial charge in [-0.05, 0) is 30.5 Å². The van der Waals surface area contributed by atoms with Crippen molar-refractivity contribution in [1.82, 2.24) is 5.09 Å². The van der Waals surface area contributed by atoms with E-state index in [1.807, 2.05) is 60.7 Å². The van der Waals surface area contributed by atoms with Gasteiger partial charge >= 0.3 is 11.9 Å². The predicted molar refractivity (Wildman–Crippen MR) is 122 cm³/mol. The second kappa shape index (κ2) is 13.8. The fourth-order valence-electron chi connectivity index (χ4n) is 2.95. The molecule has 32 heavy (non-hydrogen) atoms. The van der Waals surface area contributed by atoms with Gasteiger partial charge in [-0.1, -0.05) is 60.7 Å². The Morgan fingerprint density at radius 1 is 0.969 bits per heavy atom. The minimum absolute atomic E-state index is 0.0460. The summed E-state index contributed by atoms with van der Waals surface area (Å²) in [4.78, 5) is 35.1. The van der Waals surface area contributed by atoms with Crippen LogP contribution in [-0.4, -0.2) is 36.1 Å². The zero-order chi connectivity index (χ0) is 23.2. The summed E-state index contributed by atoms with van der Waals surface area (Å²) in [5.41, 5.74) is 7.07. The van der Waals surface area contributed by atoms with Crippen molar-refractivity contribution in [2.75, 3.05) is 19.3 Å². The first kappa shape index (κ1) is 25.7. The summed E-state index contributed by atoms with van der Waals surface area (Å²) in [6.45, 7) is 0.810. The molecule has 8 nitrogen and oxygen atoms in total. The van der Waals surface area contributed by atoms with E-state index in [0.29, 0.717) is 13.0 Å². The van der Waals surface area contributed by atoms with E-state index in [4.69, 9.17) is 15.2 Å². The first-order valence-corrected chi connectivity index (χ1v) is 12.4. The standard InChI is InChI=1S/C23H31N2O6P/c24-14-7-15-25-32(28,29)18-21(23(27)31-17-20-10-5-2-6-11-20)12-13-22(26)30-16-19-8-3-1-4-9-19/h1-6,8-11,21H,7,12-18,24H2,(H2,25,28,29). The highest BCUT2D eigenvalue weighted by Gasteiger charge is 2.30. The number of carbonyl (C=O) groups excluding carboxylic acids is 2. The number of esters is 2. The Morgan fingerprint density at radius 3 is 2.09 bits per heavy atom. The summed E-state index contributed by atoms with van der Waals surface area (Å²) in [5, 5.41) is 2.56. The van der Waals surface area contributed by atoms with Gasteiger partial charge in [-0.3, -0.25) is 14.2 Å². The third-order valence-electron chi connectivity index (χ3n) is 4.70. The van der Waals surface area contributed by atoms with Crippen LogP contribution in [0.3, 0.4) is 0 Å². The molecule has 0 spiro atoms. The molecule has 0 radical (unpaired) electrons. The van der Waals surface area contributed by atoms with E-state index in [2.05, 4.69) is 5.09 Å². The Bertz CT molecular complexity index is 879. The number of hydrogen-bond donors (Lipinski definition) is 3. The Morgan fingerprint density at radius 2 is 1.53 bits per heavy atom. The fraction of sp³-hybridized carbons (Fsp3) is 0.391. The Hall–Kier alpha value is -2.51. The third-order valence-corrected chi connectivity index (χ3v) is 6.36. The van der Waals surface area contributed by atoms with Crippen LogP contribution in [0.5, 0.6) is 0 Å². The van der Waals surface area contributed by atoms with Crippen LogP contribution in [0, 0.1) is 5.92 Å².